The van der Waals surface area contributed by atoms with Gasteiger partial charge < -0.3 is 10.1 Å². The smallest absolute Gasteiger partial charge is 0.321 e. The number of carbonyl (C=O) groups excluding carboxylic acids is 1. The van der Waals surface area contributed by atoms with Crippen molar-refractivity contribution >= 4 is 34.1 Å². The number of hydrogen-bond donors (Lipinski definition) is 2. The van der Waals surface area contributed by atoms with Gasteiger partial charge in [-0.25, -0.2) is 14.2 Å². The fourth-order valence-electron chi connectivity index (χ4n) is 2.34. The minimum atomic E-state index is -0.499. The average Bonchev–Trinajstić information content (AvgIpc) is 3.13. The van der Waals surface area contributed by atoms with E-state index in [1.807, 2.05) is 0 Å². The molecule has 0 radical (unpaired) electrons. The fraction of sp³-hybridized carbons (Fsp3) is 0.286. The summed E-state index contributed by atoms with van der Waals surface area (Å²) in [6.07, 6.45) is 1.87. The van der Waals surface area contributed by atoms with Crippen LogP contribution < -0.4 is 10.6 Å². The molecular weight excluding hydrogens is 329 g/mol. The van der Waals surface area contributed by atoms with Crippen molar-refractivity contribution in [2.75, 3.05) is 11.9 Å². The third kappa shape index (κ3) is 3.37. The zero-order valence-electron chi connectivity index (χ0n) is 11.4. The van der Waals surface area contributed by atoms with Crippen LogP contribution in [-0.2, 0) is 4.74 Å². The van der Waals surface area contributed by atoms with Gasteiger partial charge in [0.2, 0.25) is 0 Å². The lowest BCUT2D eigenvalue weighted by atomic mass is 10.0. The summed E-state index contributed by atoms with van der Waals surface area (Å²) in [5.41, 5.74) is 0.652. The summed E-state index contributed by atoms with van der Waals surface area (Å²) < 4.78 is 19.2. The van der Waals surface area contributed by atoms with Crippen LogP contribution in [0.1, 0.15) is 18.1 Å². The van der Waals surface area contributed by atoms with Crippen LogP contribution in [0.15, 0.2) is 29.8 Å². The van der Waals surface area contributed by atoms with Crippen LogP contribution >= 0.6 is 22.9 Å². The van der Waals surface area contributed by atoms with Gasteiger partial charge in [-0.05, 0) is 24.1 Å². The van der Waals surface area contributed by atoms with E-state index in [4.69, 9.17) is 16.3 Å². The van der Waals surface area contributed by atoms with Crippen molar-refractivity contribution in [3.05, 3.63) is 46.2 Å². The molecule has 8 heteroatoms. The Morgan fingerprint density at radius 1 is 1.50 bits per heavy atom. The second-order valence-electron chi connectivity index (χ2n) is 4.80. The number of ether oxygens (including phenoxy) is 1. The van der Waals surface area contributed by atoms with Crippen molar-refractivity contribution < 1.29 is 13.9 Å². The summed E-state index contributed by atoms with van der Waals surface area (Å²) in [4.78, 5) is 15.9. The van der Waals surface area contributed by atoms with Crippen molar-refractivity contribution in [2.45, 2.75) is 18.6 Å². The first kappa shape index (κ1) is 15.2. The molecular formula is C14H13ClFN3O2S. The van der Waals surface area contributed by atoms with E-state index >= 15 is 0 Å². The second kappa shape index (κ2) is 6.60. The molecule has 116 valence electrons. The lowest BCUT2D eigenvalue weighted by molar-refractivity contribution is 0.100. The van der Waals surface area contributed by atoms with Gasteiger partial charge in [-0.15, -0.1) is 11.3 Å². The number of rotatable bonds is 3. The number of aromatic nitrogens is 1. The van der Waals surface area contributed by atoms with E-state index in [9.17, 15) is 9.18 Å². The summed E-state index contributed by atoms with van der Waals surface area (Å²) in [5.74, 6) is -0.499. The number of amides is 2. The highest BCUT2D eigenvalue weighted by Crippen LogP contribution is 2.31. The number of benzene rings is 1. The highest BCUT2D eigenvalue weighted by atomic mass is 35.5. The van der Waals surface area contributed by atoms with Crippen LogP contribution in [-0.4, -0.2) is 23.7 Å². The highest BCUT2D eigenvalue weighted by molar-refractivity contribution is 7.13. The minimum Gasteiger partial charge on any atom is -0.371 e. The number of nitrogens with one attached hydrogen (secondary N) is 2. The van der Waals surface area contributed by atoms with E-state index in [-0.39, 0.29) is 17.1 Å². The molecule has 0 unspecified atom stereocenters. The van der Waals surface area contributed by atoms with Crippen LogP contribution in [0.25, 0.3) is 0 Å². The van der Waals surface area contributed by atoms with E-state index in [1.165, 1.54) is 23.5 Å². The molecule has 2 heterocycles. The van der Waals surface area contributed by atoms with Crippen LogP contribution in [0, 0.1) is 5.82 Å². The van der Waals surface area contributed by atoms with Crippen LogP contribution in [0.3, 0.4) is 0 Å². The first-order chi connectivity index (χ1) is 10.6. The summed E-state index contributed by atoms with van der Waals surface area (Å²) in [6, 6.07) is 3.94. The number of urea groups is 1. The first-order valence-corrected chi connectivity index (χ1v) is 7.93. The standard InChI is InChI=1S/C14H13ClFN3O2S/c15-9-2-1-8(7-10(9)16)12-11(3-5-21-12)18-13(20)19-14-17-4-6-22-14/h1-2,4,6-7,11-12H,3,5H2,(H2,17,18,19,20)/t11-,12+/m1/s1. The Balaban J connectivity index is 1.67. The largest absolute Gasteiger partial charge is 0.371 e. The molecule has 2 aromatic rings. The third-order valence-corrected chi connectivity index (χ3v) is 4.33. The normalized spacial score (nSPS) is 20.8. The molecule has 1 aliphatic rings. The fourth-order valence-corrected chi connectivity index (χ4v) is 2.98. The second-order valence-corrected chi connectivity index (χ2v) is 6.10. The number of halogens is 2. The molecule has 1 aromatic heterocycles. The number of thiazole rings is 1. The molecule has 1 aromatic carbocycles. The average molecular weight is 342 g/mol. The molecule has 5 nitrogen and oxygen atoms in total. The molecule has 2 N–H and O–H groups in total. The van der Waals surface area contributed by atoms with E-state index in [0.717, 1.165) is 0 Å². The Hall–Kier alpha value is -1.70. The zero-order valence-corrected chi connectivity index (χ0v) is 13.0. The van der Waals surface area contributed by atoms with Crippen LogP contribution in [0.4, 0.5) is 14.3 Å². The van der Waals surface area contributed by atoms with Crippen LogP contribution in [0.2, 0.25) is 5.02 Å². The van der Waals surface area contributed by atoms with Gasteiger partial charge in [-0.2, -0.15) is 0 Å². The third-order valence-electron chi connectivity index (χ3n) is 3.33. The zero-order chi connectivity index (χ0) is 15.5. The van der Waals surface area contributed by atoms with Gasteiger partial charge in [-0.1, -0.05) is 17.7 Å². The molecule has 2 amide bonds. The quantitative estimate of drug-likeness (QED) is 0.896. The molecule has 0 bridgehead atoms. The molecule has 0 spiro atoms. The summed E-state index contributed by atoms with van der Waals surface area (Å²) in [7, 11) is 0. The summed E-state index contributed by atoms with van der Waals surface area (Å²) >= 11 is 7.02. The molecule has 22 heavy (non-hydrogen) atoms. The number of nitrogens with zero attached hydrogens (tertiary/aromatic N) is 1. The van der Waals surface area contributed by atoms with Gasteiger partial charge in [0.15, 0.2) is 5.13 Å². The van der Waals surface area contributed by atoms with Crippen molar-refractivity contribution in [2.24, 2.45) is 0 Å². The number of hydrogen-bond acceptors (Lipinski definition) is 4. The van der Waals surface area contributed by atoms with Gasteiger partial charge >= 0.3 is 6.03 Å². The van der Waals surface area contributed by atoms with Crippen LogP contribution in [0.5, 0.6) is 0 Å². The molecule has 0 aliphatic carbocycles. The van der Waals surface area contributed by atoms with Crippen molar-refractivity contribution in [1.82, 2.24) is 10.3 Å². The number of carbonyl (C=O) groups is 1. The molecule has 3 rings (SSSR count). The molecule has 1 saturated heterocycles. The minimum absolute atomic E-state index is 0.0627. The molecule has 2 atom stereocenters. The molecule has 0 saturated carbocycles. The van der Waals surface area contributed by atoms with E-state index in [1.54, 1.807) is 17.6 Å². The summed E-state index contributed by atoms with van der Waals surface area (Å²) in [6.45, 7) is 0.497. The van der Waals surface area contributed by atoms with Crippen molar-refractivity contribution in [3.63, 3.8) is 0 Å². The van der Waals surface area contributed by atoms with E-state index in [2.05, 4.69) is 15.6 Å². The maximum Gasteiger partial charge on any atom is 0.321 e. The highest BCUT2D eigenvalue weighted by Gasteiger charge is 2.31. The summed E-state index contributed by atoms with van der Waals surface area (Å²) in [5, 5.41) is 7.84. The Kier molecular flexibility index (Phi) is 4.56. The lowest BCUT2D eigenvalue weighted by Crippen LogP contribution is -2.39. The predicted molar refractivity (Wildman–Crippen MR) is 82.8 cm³/mol. The Bertz CT molecular complexity index is 668. The monoisotopic (exact) mass is 341 g/mol. The molecule has 1 fully saturated rings. The van der Waals surface area contributed by atoms with Gasteiger partial charge in [0.05, 0.1) is 11.1 Å². The van der Waals surface area contributed by atoms with Gasteiger partial charge in [0.1, 0.15) is 11.9 Å². The SMILES string of the molecule is O=C(Nc1nccs1)N[C@@H]1CCO[C@H]1c1ccc(Cl)c(F)c1. The van der Waals surface area contributed by atoms with E-state index < -0.39 is 11.9 Å². The predicted octanol–water partition coefficient (Wildman–Crippen LogP) is 3.59. The maximum atomic E-state index is 13.6. The van der Waals surface area contributed by atoms with Gasteiger partial charge in [-0.3, -0.25) is 5.32 Å². The van der Waals surface area contributed by atoms with Gasteiger partial charge in [0, 0.05) is 18.2 Å². The van der Waals surface area contributed by atoms with Crippen molar-refractivity contribution in [3.8, 4) is 0 Å². The van der Waals surface area contributed by atoms with E-state index in [0.29, 0.717) is 23.7 Å². The molecule has 1 aliphatic heterocycles. The van der Waals surface area contributed by atoms with Gasteiger partial charge in [0.25, 0.3) is 0 Å². The topological polar surface area (TPSA) is 63.2 Å². The number of anilines is 1. The van der Waals surface area contributed by atoms with Crippen molar-refractivity contribution in [1.29, 1.82) is 0 Å². The Morgan fingerprint density at radius 2 is 2.36 bits per heavy atom. The Labute approximate surface area is 135 Å². The Morgan fingerprint density at radius 3 is 3.09 bits per heavy atom. The maximum absolute atomic E-state index is 13.6. The lowest BCUT2D eigenvalue weighted by Gasteiger charge is -2.20. The first-order valence-electron chi connectivity index (χ1n) is 6.67.